The number of hydrogen-bond acceptors (Lipinski definition) is 11. The van der Waals surface area contributed by atoms with E-state index >= 15 is 0 Å². The molecule has 0 amide bonds. The molecule has 18 heteroatoms. The lowest BCUT2D eigenvalue weighted by molar-refractivity contribution is -0.0417. The van der Waals surface area contributed by atoms with Crippen molar-refractivity contribution in [3.8, 4) is 11.1 Å². The van der Waals surface area contributed by atoms with Crippen molar-refractivity contribution in [3.05, 3.63) is 70.0 Å². The molecule has 2 aromatic heterocycles. The first-order chi connectivity index (χ1) is 19.9. The Hall–Kier alpha value is -3.43. The third-order valence-corrected chi connectivity index (χ3v) is 9.25. The van der Waals surface area contributed by atoms with Gasteiger partial charge in [-0.25, -0.2) is 14.1 Å². The van der Waals surface area contributed by atoms with Crippen LogP contribution in [0, 0.1) is 0 Å². The van der Waals surface area contributed by atoms with Gasteiger partial charge in [0.25, 0.3) is 5.56 Å². The first kappa shape index (κ1) is 28.7. The highest BCUT2D eigenvalue weighted by Crippen LogP contribution is 2.57. The predicted molar refractivity (Wildman–Crippen MR) is 148 cm³/mol. The van der Waals surface area contributed by atoms with Crippen LogP contribution in [0.3, 0.4) is 0 Å². The standard InChI is InChI=1S/C24H26N6O10P2/c25-23-28-21-20(22(32)29-23)27-24(26-10-16-14-7-3-1-5-12(14)13-6-2-4-8-15(13)16)30(21)19-9-17(31)18(39-19)11-38-42(36,37)40-41(33,34)35/h1-8,16-19,31H,9-11H2,(H,26,27)(H,36,37)(H2,33,34,35)(H3,25,28,29,32)/t17-,18+,19+/m0/s1. The van der Waals surface area contributed by atoms with Crippen molar-refractivity contribution in [1.29, 1.82) is 0 Å². The highest BCUT2D eigenvalue weighted by molar-refractivity contribution is 7.60. The number of fused-ring (bicyclic) bond motifs is 4. The number of nitrogen functional groups attached to an aromatic ring is 1. The molecule has 4 atom stereocenters. The average Bonchev–Trinajstić information content (AvgIpc) is 3.56. The molecule has 1 aliphatic carbocycles. The highest BCUT2D eigenvalue weighted by atomic mass is 31.3. The Morgan fingerprint density at radius 3 is 2.36 bits per heavy atom. The van der Waals surface area contributed by atoms with Gasteiger partial charge in [0, 0.05) is 18.9 Å². The zero-order chi connectivity index (χ0) is 29.8. The number of aromatic nitrogens is 4. The second-order valence-corrected chi connectivity index (χ2v) is 12.6. The molecule has 0 bridgehead atoms. The second-order valence-electron chi connectivity index (χ2n) is 9.81. The van der Waals surface area contributed by atoms with E-state index < -0.39 is 46.2 Å². The topological polar surface area (TPSA) is 244 Å². The van der Waals surface area contributed by atoms with E-state index in [0.29, 0.717) is 6.54 Å². The van der Waals surface area contributed by atoms with Crippen molar-refractivity contribution in [3.63, 3.8) is 0 Å². The van der Waals surface area contributed by atoms with Crippen LogP contribution >= 0.6 is 15.6 Å². The fraction of sp³-hybridized carbons (Fsp3) is 0.292. The lowest BCUT2D eigenvalue weighted by Crippen LogP contribution is -2.26. The van der Waals surface area contributed by atoms with Crippen molar-refractivity contribution < 1.29 is 42.5 Å². The Bertz CT molecular complexity index is 1780. The van der Waals surface area contributed by atoms with Gasteiger partial charge in [-0.05, 0) is 22.3 Å². The molecule has 0 radical (unpaired) electrons. The van der Waals surface area contributed by atoms with Crippen LogP contribution in [-0.2, 0) is 22.7 Å². The van der Waals surface area contributed by atoms with Crippen LogP contribution in [0.25, 0.3) is 22.3 Å². The summed E-state index contributed by atoms with van der Waals surface area (Å²) in [5.41, 5.74) is 9.72. The van der Waals surface area contributed by atoms with Gasteiger partial charge in [-0.2, -0.15) is 9.29 Å². The average molecular weight is 620 g/mol. The predicted octanol–water partition coefficient (Wildman–Crippen LogP) is 1.80. The Morgan fingerprint density at radius 1 is 1.07 bits per heavy atom. The summed E-state index contributed by atoms with van der Waals surface area (Å²) in [5.74, 6) is -0.0223. The highest BCUT2D eigenvalue weighted by Gasteiger charge is 2.41. The number of rotatable bonds is 9. The number of phosphoric ester groups is 1. The zero-order valence-corrected chi connectivity index (χ0v) is 23.4. The molecule has 4 aromatic rings. The lowest BCUT2D eigenvalue weighted by Gasteiger charge is -2.20. The van der Waals surface area contributed by atoms with E-state index in [0.717, 1.165) is 22.3 Å². The number of aromatic amines is 1. The number of ether oxygens (including phenoxy) is 1. The van der Waals surface area contributed by atoms with Gasteiger partial charge >= 0.3 is 15.6 Å². The van der Waals surface area contributed by atoms with E-state index in [2.05, 4.69) is 53.4 Å². The van der Waals surface area contributed by atoms with Gasteiger partial charge in [-0.15, -0.1) is 0 Å². The Morgan fingerprint density at radius 2 is 1.71 bits per heavy atom. The van der Waals surface area contributed by atoms with Gasteiger partial charge in [-0.3, -0.25) is 18.9 Å². The van der Waals surface area contributed by atoms with E-state index in [9.17, 15) is 23.9 Å². The van der Waals surface area contributed by atoms with Gasteiger partial charge in [0.1, 0.15) is 12.3 Å². The molecule has 0 spiro atoms. The smallest absolute Gasteiger partial charge is 0.390 e. The number of benzene rings is 2. The monoisotopic (exact) mass is 620 g/mol. The number of nitrogens with zero attached hydrogens (tertiary/aromatic N) is 3. The van der Waals surface area contributed by atoms with Crippen LogP contribution in [0.1, 0.15) is 29.7 Å². The van der Waals surface area contributed by atoms with Crippen molar-refractivity contribution in [2.24, 2.45) is 0 Å². The number of anilines is 2. The van der Waals surface area contributed by atoms with Crippen LogP contribution in [0.2, 0.25) is 0 Å². The summed E-state index contributed by atoms with van der Waals surface area (Å²) in [7, 11) is -10.5. The maximum Gasteiger partial charge on any atom is 0.481 e. The van der Waals surface area contributed by atoms with E-state index in [1.807, 2.05) is 24.3 Å². The Kier molecular flexibility index (Phi) is 7.30. The molecule has 1 unspecified atom stereocenters. The molecule has 2 aromatic carbocycles. The van der Waals surface area contributed by atoms with Gasteiger partial charge < -0.3 is 35.6 Å². The van der Waals surface area contributed by atoms with Gasteiger partial charge in [-0.1, -0.05) is 48.5 Å². The number of aliphatic hydroxyl groups is 1. The molecule has 16 nitrogen and oxygen atoms in total. The molecule has 1 fully saturated rings. The molecule has 1 saturated heterocycles. The van der Waals surface area contributed by atoms with E-state index in [-0.39, 0.29) is 35.4 Å². The minimum absolute atomic E-state index is 0.0355. The van der Waals surface area contributed by atoms with E-state index in [1.54, 1.807) is 0 Å². The summed E-state index contributed by atoms with van der Waals surface area (Å²) < 4.78 is 38.6. The minimum atomic E-state index is -5.33. The van der Waals surface area contributed by atoms with Gasteiger partial charge in [0.05, 0.1) is 12.7 Å². The maximum atomic E-state index is 12.7. The van der Waals surface area contributed by atoms with Crippen molar-refractivity contribution >= 4 is 38.7 Å². The molecule has 6 rings (SSSR count). The maximum absolute atomic E-state index is 12.7. The summed E-state index contributed by atoms with van der Waals surface area (Å²) in [6, 6.07) is 16.1. The third kappa shape index (κ3) is 5.52. The summed E-state index contributed by atoms with van der Waals surface area (Å²) in [6.07, 6.45) is -3.52. The number of phosphoric acid groups is 2. The van der Waals surface area contributed by atoms with Gasteiger partial charge in [0.2, 0.25) is 11.9 Å². The van der Waals surface area contributed by atoms with Gasteiger partial charge in [0.15, 0.2) is 11.2 Å². The molecule has 0 saturated carbocycles. The number of aliphatic hydroxyl groups excluding tert-OH is 1. The normalized spacial score (nSPS) is 21.8. The summed E-state index contributed by atoms with van der Waals surface area (Å²) >= 11 is 0. The number of imidazole rings is 1. The second kappa shape index (κ2) is 10.7. The van der Waals surface area contributed by atoms with Crippen LogP contribution in [0.5, 0.6) is 0 Å². The number of H-pyrrole nitrogens is 1. The fourth-order valence-electron chi connectivity index (χ4n) is 5.42. The van der Waals surface area contributed by atoms with Crippen molar-refractivity contribution in [1.82, 2.24) is 19.5 Å². The minimum Gasteiger partial charge on any atom is -0.390 e. The van der Waals surface area contributed by atoms with E-state index in [4.69, 9.17) is 20.3 Å². The molecule has 3 heterocycles. The van der Waals surface area contributed by atoms with Crippen molar-refractivity contribution in [2.75, 3.05) is 24.2 Å². The third-order valence-electron chi connectivity index (χ3n) is 7.10. The molecule has 222 valence electrons. The van der Waals surface area contributed by atoms with Crippen LogP contribution in [-0.4, -0.2) is 64.7 Å². The Balaban J connectivity index is 1.29. The molecule has 8 N–H and O–H groups in total. The summed E-state index contributed by atoms with van der Waals surface area (Å²) in [5, 5.41) is 13.9. The van der Waals surface area contributed by atoms with Crippen LogP contribution in [0.15, 0.2) is 53.3 Å². The zero-order valence-electron chi connectivity index (χ0n) is 21.6. The fourth-order valence-corrected chi connectivity index (χ4v) is 7.02. The molecule has 42 heavy (non-hydrogen) atoms. The number of hydrogen-bond donors (Lipinski definition) is 7. The molecular weight excluding hydrogens is 594 g/mol. The van der Waals surface area contributed by atoms with Crippen LogP contribution < -0.4 is 16.6 Å². The Labute approximate surface area is 237 Å². The van der Waals surface area contributed by atoms with Crippen LogP contribution in [0.4, 0.5) is 11.9 Å². The van der Waals surface area contributed by atoms with Crippen molar-refractivity contribution in [2.45, 2.75) is 30.8 Å². The summed E-state index contributed by atoms with van der Waals surface area (Å²) in [4.78, 5) is 51.0. The number of nitrogens with one attached hydrogen (secondary N) is 2. The largest absolute Gasteiger partial charge is 0.481 e. The quantitative estimate of drug-likeness (QED) is 0.132. The number of nitrogens with two attached hydrogens (primary N) is 1. The summed E-state index contributed by atoms with van der Waals surface area (Å²) in [6.45, 7) is -0.368. The first-order valence-corrected chi connectivity index (χ1v) is 15.7. The molecule has 1 aliphatic heterocycles. The van der Waals surface area contributed by atoms with E-state index in [1.165, 1.54) is 4.57 Å². The molecule has 2 aliphatic rings. The molecular formula is C24H26N6O10P2. The lowest BCUT2D eigenvalue weighted by atomic mass is 9.97. The first-order valence-electron chi connectivity index (χ1n) is 12.7. The SMILES string of the molecule is Nc1nc2c(nc(NCC3c4ccccc4-c4ccccc43)n2[C@H]2C[C@H](O)[C@@H](COP(=O)(O)OP(=O)(O)O)O2)c(=O)[nH]1.